The van der Waals surface area contributed by atoms with Crippen LogP contribution in [0.1, 0.15) is 31.8 Å². The number of methoxy groups -OCH3 is 1. The number of morpholine rings is 1. The number of rotatable bonds is 6. The molecule has 0 aliphatic carbocycles. The Kier molecular flexibility index (Phi) is 8.35. The third-order valence-corrected chi connectivity index (χ3v) is 5.45. The molecule has 1 amide bonds. The Morgan fingerprint density at radius 1 is 1.06 bits per heavy atom. The second kappa shape index (κ2) is 11.4. The quantitative estimate of drug-likeness (QED) is 0.409. The summed E-state index contributed by atoms with van der Waals surface area (Å²) in [4.78, 5) is 31.4. The highest BCUT2D eigenvalue weighted by Gasteiger charge is 2.14. The molecule has 1 heterocycles. The molecule has 0 atom stereocenters. The number of aryl methyl sites for hydroxylation is 1. The van der Waals surface area contributed by atoms with Gasteiger partial charge in [-0.3, -0.25) is 20.0 Å². The number of esters is 1. The van der Waals surface area contributed by atoms with Crippen LogP contribution in [-0.4, -0.2) is 69.2 Å². The van der Waals surface area contributed by atoms with Crippen LogP contribution in [0.3, 0.4) is 0 Å². The summed E-state index contributed by atoms with van der Waals surface area (Å²) in [5, 5.41) is 6.14. The van der Waals surface area contributed by atoms with Crippen LogP contribution in [0.2, 0.25) is 0 Å². The highest BCUT2D eigenvalue weighted by molar-refractivity contribution is 6.10. The lowest BCUT2D eigenvalue weighted by molar-refractivity contribution is 0.0394. The first-order chi connectivity index (χ1) is 15.5. The topological polar surface area (TPSA) is 92.3 Å². The van der Waals surface area contributed by atoms with Gasteiger partial charge in [-0.15, -0.1) is 0 Å². The van der Waals surface area contributed by atoms with Gasteiger partial charge in [-0.2, -0.15) is 0 Å². The van der Waals surface area contributed by atoms with Crippen LogP contribution in [0.25, 0.3) is 0 Å². The molecular weight excluding hydrogens is 408 g/mol. The van der Waals surface area contributed by atoms with E-state index in [1.54, 1.807) is 24.3 Å². The third kappa shape index (κ3) is 6.38. The van der Waals surface area contributed by atoms with Crippen molar-refractivity contribution in [3.05, 3.63) is 64.7 Å². The molecule has 0 bridgehead atoms. The molecule has 3 rings (SSSR count). The number of hydrogen-bond donors (Lipinski definition) is 2. The smallest absolute Gasteiger partial charge is 0.337 e. The Morgan fingerprint density at radius 2 is 1.75 bits per heavy atom. The second-order valence-electron chi connectivity index (χ2n) is 7.58. The van der Waals surface area contributed by atoms with Gasteiger partial charge in [-0.05, 0) is 55.3 Å². The summed E-state index contributed by atoms with van der Waals surface area (Å²) in [7, 11) is 1.32. The van der Waals surface area contributed by atoms with Gasteiger partial charge >= 0.3 is 5.97 Å². The van der Waals surface area contributed by atoms with E-state index in [2.05, 4.69) is 20.5 Å². The normalized spacial score (nSPS) is 14.7. The number of carbonyl (C=O) groups is 2. The molecule has 0 radical (unpaired) electrons. The molecule has 1 aliphatic heterocycles. The first-order valence-electron chi connectivity index (χ1n) is 10.7. The van der Waals surface area contributed by atoms with E-state index in [0.29, 0.717) is 23.6 Å². The van der Waals surface area contributed by atoms with Gasteiger partial charge in [-0.1, -0.05) is 12.1 Å². The van der Waals surface area contributed by atoms with Crippen molar-refractivity contribution in [2.24, 2.45) is 4.99 Å². The lowest BCUT2D eigenvalue weighted by atomic mass is 10.1. The van der Waals surface area contributed by atoms with Gasteiger partial charge in [0.1, 0.15) is 0 Å². The van der Waals surface area contributed by atoms with Crippen molar-refractivity contribution >= 4 is 23.5 Å². The number of carbonyl (C=O) groups excluding carboxylic acids is 2. The number of benzene rings is 2. The van der Waals surface area contributed by atoms with Gasteiger partial charge in [0.05, 0.1) is 32.4 Å². The summed E-state index contributed by atoms with van der Waals surface area (Å²) in [5.41, 5.74) is 3.92. The Bertz CT molecular complexity index is 966. The van der Waals surface area contributed by atoms with Crippen LogP contribution in [0.5, 0.6) is 0 Å². The molecule has 0 unspecified atom stereocenters. The van der Waals surface area contributed by atoms with E-state index in [-0.39, 0.29) is 5.91 Å². The number of guanidine groups is 1. The largest absolute Gasteiger partial charge is 0.465 e. The van der Waals surface area contributed by atoms with Crippen molar-refractivity contribution in [3.63, 3.8) is 0 Å². The Balaban J connectivity index is 1.73. The molecular formula is C24H30N4O4. The van der Waals surface area contributed by atoms with Crippen LogP contribution >= 0.6 is 0 Å². The molecule has 1 saturated heterocycles. The van der Waals surface area contributed by atoms with E-state index in [9.17, 15) is 9.59 Å². The molecule has 1 aliphatic rings. The minimum Gasteiger partial charge on any atom is -0.465 e. The number of amides is 1. The molecule has 8 heteroatoms. The van der Waals surface area contributed by atoms with Crippen LogP contribution in [0.15, 0.2) is 47.5 Å². The maximum atomic E-state index is 12.8. The Hall–Kier alpha value is -3.23. The van der Waals surface area contributed by atoms with E-state index in [0.717, 1.165) is 49.7 Å². The highest BCUT2D eigenvalue weighted by atomic mass is 16.5. The van der Waals surface area contributed by atoms with E-state index in [4.69, 9.17) is 9.47 Å². The minimum atomic E-state index is -0.445. The lowest BCUT2D eigenvalue weighted by Gasteiger charge is -2.25. The standard InChI is InChI=1S/C24H30N4O4/c1-17-5-4-6-21(18(17)2)26-24(25-11-12-28-13-15-32-16-14-28)27-22(29)19-7-9-20(10-8-19)23(30)31-3/h4-10H,11-16H2,1-3H3,(H2,25,26,27,29). The van der Waals surface area contributed by atoms with Crippen LogP contribution in [0, 0.1) is 13.8 Å². The molecule has 0 aromatic heterocycles. The van der Waals surface area contributed by atoms with E-state index in [1.807, 2.05) is 32.0 Å². The fourth-order valence-electron chi connectivity index (χ4n) is 3.31. The predicted octanol–water partition coefficient (Wildman–Crippen LogP) is 2.62. The minimum absolute atomic E-state index is 0.315. The first-order valence-corrected chi connectivity index (χ1v) is 10.7. The monoisotopic (exact) mass is 438 g/mol. The molecule has 0 saturated carbocycles. The number of aliphatic imine (C=N–C) groups is 1. The fourth-order valence-corrected chi connectivity index (χ4v) is 3.31. The Labute approximate surface area is 188 Å². The molecule has 2 aromatic carbocycles. The number of anilines is 1. The second-order valence-corrected chi connectivity index (χ2v) is 7.58. The third-order valence-electron chi connectivity index (χ3n) is 5.45. The Morgan fingerprint density at radius 3 is 2.44 bits per heavy atom. The van der Waals surface area contributed by atoms with E-state index >= 15 is 0 Å². The van der Waals surface area contributed by atoms with Crippen LogP contribution < -0.4 is 10.6 Å². The summed E-state index contributed by atoms with van der Waals surface area (Å²) in [6.07, 6.45) is 0. The van der Waals surface area contributed by atoms with Crippen LogP contribution in [0.4, 0.5) is 5.69 Å². The number of nitrogens with zero attached hydrogens (tertiary/aromatic N) is 2. The number of hydrogen-bond acceptors (Lipinski definition) is 6. The average molecular weight is 439 g/mol. The summed E-state index contributed by atoms with van der Waals surface area (Å²) in [6.45, 7) is 8.61. The number of nitrogens with one attached hydrogen (secondary N) is 2. The maximum absolute atomic E-state index is 12.8. The average Bonchev–Trinajstić information content (AvgIpc) is 2.82. The molecule has 2 aromatic rings. The lowest BCUT2D eigenvalue weighted by Crippen LogP contribution is -2.39. The van der Waals surface area contributed by atoms with E-state index in [1.165, 1.54) is 7.11 Å². The summed E-state index contributed by atoms with van der Waals surface area (Å²) < 4.78 is 10.1. The van der Waals surface area contributed by atoms with Gasteiger partial charge < -0.3 is 14.8 Å². The molecule has 32 heavy (non-hydrogen) atoms. The predicted molar refractivity (Wildman–Crippen MR) is 124 cm³/mol. The van der Waals surface area contributed by atoms with Gasteiger partial charge in [0.25, 0.3) is 5.91 Å². The zero-order valence-electron chi connectivity index (χ0n) is 18.8. The van der Waals surface area contributed by atoms with Gasteiger partial charge in [-0.25, -0.2) is 4.79 Å². The van der Waals surface area contributed by atoms with Crippen molar-refractivity contribution in [2.45, 2.75) is 13.8 Å². The van der Waals surface area contributed by atoms with Gasteiger partial charge in [0.2, 0.25) is 5.96 Å². The molecule has 170 valence electrons. The van der Waals surface area contributed by atoms with Gasteiger partial charge in [0, 0.05) is 30.9 Å². The summed E-state index contributed by atoms with van der Waals surface area (Å²) in [5.74, 6) is -0.378. The molecule has 0 spiro atoms. The molecule has 8 nitrogen and oxygen atoms in total. The summed E-state index contributed by atoms with van der Waals surface area (Å²) >= 11 is 0. The van der Waals surface area contributed by atoms with E-state index < -0.39 is 5.97 Å². The first kappa shape index (κ1) is 23.4. The fraction of sp³-hybridized carbons (Fsp3) is 0.375. The molecule has 2 N–H and O–H groups in total. The van der Waals surface area contributed by atoms with Crippen molar-refractivity contribution in [1.29, 1.82) is 0 Å². The number of ether oxygens (including phenoxy) is 2. The summed E-state index contributed by atoms with van der Waals surface area (Å²) in [6, 6.07) is 12.3. The van der Waals surface area contributed by atoms with Crippen molar-refractivity contribution in [1.82, 2.24) is 10.2 Å². The SMILES string of the molecule is COC(=O)c1ccc(C(=O)NC(=NCCN2CCOCC2)Nc2cccc(C)c2C)cc1. The van der Waals surface area contributed by atoms with Gasteiger partial charge in [0.15, 0.2) is 0 Å². The zero-order valence-corrected chi connectivity index (χ0v) is 18.8. The molecule has 1 fully saturated rings. The maximum Gasteiger partial charge on any atom is 0.337 e. The van der Waals surface area contributed by atoms with Crippen molar-refractivity contribution < 1.29 is 19.1 Å². The highest BCUT2D eigenvalue weighted by Crippen LogP contribution is 2.18. The van der Waals surface area contributed by atoms with Crippen molar-refractivity contribution in [2.75, 3.05) is 51.8 Å². The zero-order chi connectivity index (χ0) is 22.9. The van der Waals surface area contributed by atoms with Crippen molar-refractivity contribution in [3.8, 4) is 0 Å². The van der Waals surface area contributed by atoms with Crippen LogP contribution in [-0.2, 0) is 9.47 Å².